The Bertz CT molecular complexity index is 871. The largest absolute Gasteiger partial charge is 0.383 e. The number of ether oxygens (including phenoxy) is 1. The quantitative estimate of drug-likeness (QED) is 0.686. The summed E-state index contributed by atoms with van der Waals surface area (Å²) in [5.74, 6) is 1.10. The summed E-state index contributed by atoms with van der Waals surface area (Å²) in [6, 6.07) is 11.2. The highest BCUT2D eigenvalue weighted by Crippen LogP contribution is 2.29. The van der Waals surface area contributed by atoms with E-state index in [1.807, 2.05) is 18.7 Å². The lowest BCUT2D eigenvalue weighted by Crippen LogP contribution is -2.47. The van der Waals surface area contributed by atoms with E-state index in [0.29, 0.717) is 36.6 Å². The molecular weight excluding hydrogens is 388 g/mol. The van der Waals surface area contributed by atoms with E-state index in [4.69, 9.17) is 4.74 Å². The first-order chi connectivity index (χ1) is 15.0. The Labute approximate surface area is 185 Å². The molecule has 2 heterocycles. The minimum absolute atomic E-state index is 0.0176. The highest BCUT2D eigenvalue weighted by molar-refractivity contribution is 5.92. The molecule has 1 unspecified atom stereocenters. The number of benzene rings is 1. The van der Waals surface area contributed by atoms with Crippen LogP contribution in [-0.4, -0.2) is 71.6 Å². The monoisotopic (exact) mass is 422 g/mol. The van der Waals surface area contributed by atoms with E-state index in [1.54, 1.807) is 13.2 Å². The molecule has 0 saturated carbocycles. The maximum Gasteiger partial charge on any atom is 0.272 e. The zero-order valence-electron chi connectivity index (χ0n) is 19.0. The molecule has 1 aromatic heterocycles. The van der Waals surface area contributed by atoms with E-state index in [9.17, 15) is 4.79 Å². The second-order valence-corrected chi connectivity index (χ2v) is 9.02. The van der Waals surface area contributed by atoms with E-state index in [0.717, 1.165) is 44.6 Å². The van der Waals surface area contributed by atoms with Crippen molar-refractivity contribution < 1.29 is 9.53 Å². The van der Waals surface area contributed by atoms with Crippen LogP contribution >= 0.6 is 0 Å². The number of fused-ring (bicyclic) bond motifs is 1. The fraction of sp³-hybridized carbons (Fsp3) is 0.560. The lowest BCUT2D eigenvalue weighted by molar-refractivity contribution is 0.0568. The summed E-state index contributed by atoms with van der Waals surface area (Å²) >= 11 is 0. The molecule has 1 amide bonds. The highest BCUT2D eigenvalue weighted by Gasteiger charge is 2.32. The Morgan fingerprint density at radius 1 is 1.19 bits per heavy atom. The van der Waals surface area contributed by atoms with E-state index in [1.165, 1.54) is 17.5 Å². The number of carbonyl (C=O) groups is 1. The van der Waals surface area contributed by atoms with Crippen LogP contribution < -0.4 is 0 Å². The smallest absolute Gasteiger partial charge is 0.272 e. The van der Waals surface area contributed by atoms with Gasteiger partial charge in [-0.15, -0.1) is 0 Å². The third kappa shape index (κ3) is 5.31. The number of hydrogen-bond acceptors (Lipinski definition) is 5. The molecule has 31 heavy (non-hydrogen) atoms. The van der Waals surface area contributed by atoms with Gasteiger partial charge < -0.3 is 9.64 Å². The first-order valence-electron chi connectivity index (χ1n) is 11.4. The molecule has 166 valence electrons. The zero-order valence-corrected chi connectivity index (χ0v) is 19.0. The predicted molar refractivity (Wildman–Crippen MR) is 121 cm³/mol. The number of hydrogen-bond donors (Lipinski definition) is 0. The van der Waals surface area contributed by atoms with Crippen LogP contribution in [0.5, 0.6) is 0 Å². The van der Waals surface area contributed by atoms with Gasteiger partial charge in [0.05, 0.1) is 6.61 Å². The van der Waals surface area contributed by atoms with Crippen molar-refractivity contribution in [2.75, 3.05) is 39.9 Å². The molecule has 0 bridgehead atoms. The fourth-order valence-corrected chi connectivity index (χ4v) is 5.15. The van der Waals surface area contributed by atoms with Crippen molar-refractivity contribution in [2.24, 2.45) is 5.92 Å². The topological polar surface area (TPSA) is 58.6 Å². The molecular formula is C25H34N4O2. The van der Waals surface area contributed by atoms with E-state index < -0.39 is 0 Å². The number of carbonyl (C=O) groups excluding carboxylic acids is 1. The van der Waals surface area contributed by atoms with Crippen molar-refractivity contribution >= 4 is 5.91 Å². The molecule has 0 spiro atoms. The Morgan fingerprint density at radius 2 is 1.94 bits per heavy atom. The maximum atomic E-state index is 13.3. The van der Waals surface area contributed by atoms with Gasteiger partial charge in [-0.25, -0.2) is 9.97 Å². The van der Waals surface area contributed by atoms with Crippen LogP contribution in [0.3, 0.4) is 0 Å². The molecule has 2 aromatic rings. The standard InChI is InChI=1S/C25H34N4O2/c1-18-13-24(27-19(2)26-18)25(30)29(11-12-31-3)17-20-7-6-10-28(16-20)23-14-21-8-4-5-9-22(21)15-23/h4-5,8-9,13,20,23H,6-7,10-12,14-17H2,1-3H3. The minimum Gasteiger partial charge on any atom is -0.383 e. The van der Waals surface area contributed by atoms with E-state index >= 15 is 0 Å². The molecule has 6 nitrogen and oxygen atoms in total. The molecule has 1 atom stereocenters. The SMILES string of the molecule is COCCN(CC1CCCN(C2Cc3ccccc3C2)C1)C(=O)c1cc(C)nc(C)n1. The molecule has 0 N–H and O–H groups in total. The van der Waals surface area contributed by atoms with Crippen molar-refractivity contribution in [3.63, 3.8) is 0 Å². The van der Waals surface area contributed by atoms with Gasteiger partial charge in [0.25, 0.3) is 5.91 Å². The molecule has 6 heteroatoms. The van der Waals surface area contributed by atoms with Gasteiger partial charge in [0.15, 0.2) is 0 Å². The minimum atomic E-state index is -0.0176. The van der Waals surface area contributed by atoms with Crippen LogP contribution in [0, 0.1) is 19.8 Å². The lowest BCUT2D eigenvalue weighted by atomic mass is 9.95. The number of piperidine rings is 1. The van der Waals surface area contributed by atoms with Gasteiger partial charge in [-0.3, -0.25) is 9.69 Å². The van der Waals surface area contributed by atoms with Crippen LogP contribution in [0.1, 0.15) is 46.0 Å². The molecule has 2 aliphatic rings. The third-order valence-corrected chi connectivity index (χ3v) is 6.61. The number of amides is 1. The van der Waals surface area contributed by atoms with Gasteiger partial charge in [0.1, 0.15) is 11.5 Å². The second-order valence-electron chi connectivity index (χ2n) is 9.02. The number of rotatable bonds is 7. The molecule has 1 aliphatic heterocycles. The van der Waals surface area contributed by atoms with Gasteiger partial charge in [-0.1, -0.05) is 24.3 Å². The average molecular weight is 423 g/mol. The molecule has 1 fully saturated rings. The zero-order chi connectivity index (χ0) is 21.8. The van der Waals surface area contributed by atoms with Crippen molar-refractivity contribution in [3.05, 3.63) is 58.7 Å². The highest BCUT2D eigenvalue weighted by atomic mass is 16.5. The fourth-order valence-electron chi connectivity index (χ4n) is 5.15. The van der Waals surface area contributed by atoms with Crippen LogP contribution in [0.15, 0.2) is 30.3 Å². The molecule has 4 rings (SSSR count). The summed E-state index contributed by atoms with van der Waals surface area (Å²) in [6.07, 6.45) is 4.65. The summed E-state index contributed by atoms with van der Waals surface area (Å²) in [5.41, 5.74) is 4.31. The van der Waals surface area contributed by atoms with Gasteiger partial charge in [0, 0.05) is 38.5 Å². The average Bonchev–Trinajstić information content (AvgIpc) is 3.20. The Kier molecular flexibility index (Phi) is 6.98. The Hall–Kier alpha value is -2.31. The first kappa shape index (κ1) is 21.9. The number of methoxy groups -OCH3 is 1. The summed E-state index contributed by atoms with van der Waals surface area (Å²) in [7, 11) is 1.68. The van der Waals surface area contributed by atoms with Crippen molar-refractivity contribution in [2.45, 2.75) is 45.6 Å². The van der Waals surface area contributed by atoms with Crippen molar-refractivity contribution in [1.29, 1.82) is 0 Å². The molecule has 1 aliphatic carbocycles. The Balaban J connectivity index is 1.42. The predicted octanol–water partition coefficient (Wildman–Crippen LogP) is 3.06. The van der Waals surface area contributed by atoms with Crippen LogP contribution in [-0.2, 0) is 17.6 Å². The van der Waals surface area contributed by atoms with Crippen LogP contribution in [0.4, 0.5) is 0 Å². The van der Waals surface area contributed by atoms with Gasteiger partial charge in [-0.05, 0) is 69.2 Å². The summed E-state index contributed by atoms with van der Waals surface area (Å²) < 4.78 is 5.30. The Morgan fingerprint density at radius 3 is 2.61 bits per heavy atom. The van der Waals surface area contributed by atoms with Crippen LogP contribution in [0.2, 0.25) is 0 Å². The van der Waals surface area contributed by atoms with Crippen molar-refractivity contribution in [3.8, 4) is 0 Å². The van der Waals surface area contributed by atoms with Gasteiger partial charge in [0.2, 0.25) is 0 Å². The molecule has 1 aromatic carbocycles. The molecule has 0 radical (unpaired) electrons. The summed E-state index contributed by atoms with van der Waals surface area (Å²) in [4.78, 5) is 26.6. The van der Waals surface area contributed by atoms with E-state index in [-0.39, 0.29) is 5.91 Å². The maximum absolute atomic E-state index is 13.3. The normalized spacial score (nSPS) is 19.4. The number of likely N-dealkylation sites (tertiary alicyclic amines) is 1. The number of aryl methyl sites for hydroxylation is 2. The summed E-state index contributed by atoms with van der Waals surface area (Å²) in [6.45, 7) is 7.82. The van der Waals surface area contributed by atoms with Gasteiger partial charge in [-0.2, -0.15) is 0 Å². The van der Waals surface area contributed by atoms with Gasteiger partial charge >= 0.3 is 0 Å². The number of aromatic nitrogens is 2. The number of nitrogens with zero attached hydrogens (tertiary/aromatic N) is 4. The molecule has 1 saturated heterocycles. The lowest BCUT2D eigenvalue weighted by Gasteiger charge is -2.38. The van der Waals surface area contributed by atoms with E-state index in [2.05, 4.69) is 39.1 Å². The van der Waals surface area contributed by atoms with Crippen molar-refractivity contribution in [1.82, 2.24) is 19.8 Å². The third-order valence-electron chi connectivity index (χ3n) is 6.61. The van der Waals surface area contributed by atoms with Crippen LogP contribution in [0.25, 0.3) is 0 Å². The first-order valence-corrected chi connectivity index (χ1v) is 11.4. The summed E-state index contributed by atoms with van der Waals surface area (Å²) in [5, 5.41) is 0. The second kappa shape index (κ2) is 9.88.